The first-order valence-corrected chi connectivity index (χ1v) is 6.77. The second-order valence-electron chi connectivity index (χ2n) is 5.72. The number of carboxylic acid groups (broad SMARTS) is 1. The molecule has 1 aliphatic heterocycles. The van der Waals surface area contributed by atoms with Crippen LogP contribution in [0.25, 0.3) is 0 Å². The minimum Gasteiger partial charge on any atom is -0.481 e. The summed E-state index contributed by atoms with van der Waals surface area (Å²) < 4.78 is 0. The highest BCUT2D eigenvalue weighted by molar-refractivity contribution is 5.85. The van der Waals surface area contributed by atoms with Gasteiger partial charge in [0.25, 0.3) is 0 Å². The second kappa shape index (κ2) is 4.88. The molecular formula is C13H22N2O3. The molecule has 2 aliphatic rings. The van der Waals surface area contributed by atoms with Crippen molar-refractivity contribution in [2.75, 3.05) is 13.1 Å². The molecule has 1 atom stereocenters. The van der Waals surface area contributed by atoms with Crippen LogP contribution in [0.4, 0.5) is 0 Å². The largest absolute Gasteiger partial charge is 0.481 e. The zero-order valence-corrected chi connectivity index (χ0v) is 10.9. The molecule has 2 rings (SSSR count). The Labute approximate surface area is 107 Å². The number of amides is 1. The number of nitrogens with one attached hydrogen (secondary N) is 2. The van der Waals surface area contributed by atoms with E-state index >= 15 is 0 Å². The third kappa shape index (κ3) is 2.36. The van der Waals surface area contributed by atoms with Gasteiger partial charge in [-0.3, -0.25) is 9.59 Å². The summed E-state index contributed by atoms with van der Waals surface area (Å²) in [4.78, 5) is 23.3. The topological polar surface area (TPSA) is 78.4 Å². The van der Waals surface area contributed by atoms with Gasteiger partial charge in [-0.1, -0.05) is 6.92 Å². The molecule has 1 unspecified atom stereocenters. The van der Waals surface area contributed by atoms with Crippen molar-refractivity contribution < 1.29 is 14.7 Å². The highest BCUT2D eigenvalue weighted by Crippen LogP contribution is 2.37. The number of rotatable bonds is 5. The zero-order chi connectivity index (χ0) is 13.2. The van der Waals surface area contributed by atoms with Crippen molar-refractivity contribution in [1.82, 2.24) is 10.6 Å². The van der Waals surface area contributed by atoms with Gasteiger partial charge in [-0.05, 0) is 38.6 Å². The number of carboxylic acids is 1. The monoisotopic (exact) mass is 254 g/mol. The van der Waals surface area contributed by atoms with Crippen LogP contribution in [0.1, 0.15) is 45.4 Å². The van der Waals surface area contributed by atoms with E-state index in [4.69, 9.17) is 5.11 Å². The Kier molecular flexibility index (Phi) is 3.61. The van der Waals surface area contributed by atoms with Gasteiger partial charge in [-0.25, -0.2) is 0 Å². The zero-order valence-electron chi connectivity index (χ0n) is 10.9. The van der Waals surface area contributed by atoms with E-state index in [9.17, 15) is 9.59 Å². The molecule has 0 aromatic rings. The quantitative estimate of drug-likeness (QED) is 0.681. The maximum Gasteiger partial charge on any atom is 0.305 e. The maximum absolute atomic E-state index is 12.4. The summed E-state index contributed by atoms with van der Waals surface area (Å²) in [6.07, 6.45) is 4.28. The fraction of sp³-hybridized carbons (Fsp3) is 0.846. The lowest BCUT2D eigenvalue weighted by atomic mass is 9.72. The molecule has 5 nitrogen and oxygen atoms in total. The van der Waals surface area contributed by atoms with Crippen LogP contribution >= 0.6 is 0 Å². The van der Waals surface area contributed by atoms with E-state index in [2.05, 4.69) is 10.6 Å². The Morgan fingerprint density at radius 3 is 2.44 bits per heavy atom. The van der Waals surface area contributed by atoms with Crippen LogP contribution in [0.15, 0.2) is 0 Å². The summed E-state index contributed by atoms with van der Waals surface area (Å²) in [5.74, 6) is -0.791. The van der Waals surface area contributed by atoms with E-state index in [1.165, 1.54) is 0 Å². The van der Waals surface area contributed by atoms with Crippen LogP contribution in [-0.4, -0.2) is 35.6 Å². The van der Waals surface area contributed by atoms with E-state index in [1.54, 1.807) is 0 Å². The summed E-state index contributed by atoms with van der Waals surface area (Å²) in [5, 5.41) is 15.2. The van der Waals surface area contributed by atoms with Gasteiger partial charge >= 0.3 is 5.97 Å². The van der Waals surface area contributed by atoms with Crippen molar-refractivity contribution in [2.24, 2.45) is 5.41 Å². The van der Waals surface area contributed by atoms with E-state index in [0.29, 0.717) is 6.54 Å². The van der Waals surface area contributed by atoms with E-state index in [-0.39, 0.29) is 17.7 Å². The lowest BCUT2D eigenvalue weighted by Gasteiger charge is -2.43. The van der Waals surface area contributed by atoms with Gasteiger partial charge in [0, 0.05) is 6.54 Å². The molecule has 0 aromatic carbocycles. The number of aliphatic carboxylic acids is 1. The average molecular weight is 254 g/mol. The highest BCUT2D eigenvalue weighted by Gasteiger charge is 2.46. The first-order valence-electron chi connectivity index (χ1n) is 6.77. The van der Waals surface area contributed by atoms with Crippen molar-refractivity contribution in [2.45, 2.75) is 51.0 Å². The molecule has 1 saturated carbocycles. The molecule has 1 saturated heterocycles. The molecule has 0 spiro atoms. The highest BCUT2D eigenvalue weighted by atomic mass is 16.4. The number of hydrogen-bond donors (Lipinski definition) is 3. The van der Waals surface area contributed by atoms with E-state index in [0.717, 1.165) is 38.6 Å². The minimum absolute atomic E-state index is 0.0379. The summed E-state index contributed by atoms with van der Waals surface area (Å²) in [6, 6.07) is 0. The van der Waals surface area contributed by atoms with Crippen LogP contribution in [0.2, 0.25) is 0 Å². The molecule has 5 heteroatoms. The normalized spacial score (nSPS) is 29.6. The molecule has 3 N–H and O–H groups in total. The molecule has 1 aliphatic carbocycles. The first-order chi connectivity index (χ1) is 8.52. The molecule has 18 heavy (non-hydrogen) atoms. The summed E-state index contributed by atoms with van der Waals surface area (Å²) in [5.41, 5.74) is -0.811. The number of carbonyl (C=O) groups is 2. The van der Waals surface area contributed by atoms with Gasteiger partial charge in [0.1, 0.15) is 0 Å². The van der Waals surface area contributed by atoms with Crippen molar-refractivity contribution in [1.29, 1.82) is 0 Å². The summed E-state index contributed by atoms with van der Waals surface area (Å²) >= 11 is 0. The summed E-state index contributed by atoms with van der Waals surface area (Å²) in [6.45, 7) is 3.60. The van der Waals surface area contributed by atoms with Crippen LogP contribution < -0.4 is 10.6 Å². The molecule has 102 valence electrons. The molecular weight excluding hydrogens is 232 g/mol. The maximum atomic E-state index is 12.4. The predicted octanol–water partition coefficient (Wildman–Crippen LogP) is 0.890. The molecule has 1 amide bonds. The molecule has 0 radical (unpaired) electrons. The van der Waals surface area contributed by atoms with Gasteiger partial charge < -0.3 is 15.7 Å². The van der Waals surface area contributed by atoms with Crippen molar-refractivity contribution in [3.05, 3.63) is 0 Å². The van der Waals surface area contributed by atoms with Gasteiger partial charge in [0.15, 0.2) is 0 Å². The number of carbonyl (C=O) groups excluding carboxylic acids is 1. The van der Waals surface area contributed by atoms with Gasteiger partial charge in [0.2, 0.25) is 5.91 Å². The molecule has 1 heterocycles. The van der Waals surface area contributed by atoms with Crippen molar-refractivity contribution >= 4 is 11.9 Å². The SMILES string of the molecule is CCC1(C(=O)NC2(CC(=O)O)CCC2)CCNC1. The molecule has 0 bridgehead atoms. The molecule has 2 fully saturated rings. The van der Waals surface area contributed by atoms with Crippen LogP contribution in [0, 0.1) is 5.41 Å². The van der Waals surface area contributed by atoms with Crippen molar-refractivity contribution in [3.63, 3.8) is 0 Å². The third-order valence-electron chi connectivity index (χ3n) is 4.58. The predicted molar refractivity (Wildman–Crippen MR) is 67.2 cm³/mol. The Hall–Kier alpha value is -1.10. The first kappa shape index (κ1) is 13.3. The third-order valence-corrected chi connectivity index (χ3v) is 4.58. The summed E-state index contributed by atoms with van der Waals surface area (Å²) in [7, 11) is 0. The average Bonchev–Trinajstić information content (AvgIpc) is 2.75. The number of hydrogen-bond acceptors (Lipinski definition) is 3. The standard InChI is InChI=1S/C13H22N2O3/c1-2-12(6-7-14-9-12)11(18)15-13(4-3-5-13)8-10(16)17/h14H,2-9H2,1H3,(H,15,18)(H,16,17). The lowest BCUT2D eigenvalue weighted by molar-refractivity contribution is -0.141. The van der Waals surface area contributed by atoms with Crippen LogP contribution in [0.5, 0.6) is 0 Å². The Morgan fingerprint density at radius 2 is 2.06 bits per heavy atom. The Bertz CT molecular complexity index is 344. The van der Waals surface area contributed by atoms with E-state index in [1.807, 2.05) is 6.92 Å². The van der Waals surface area contributed by atoms with Crippen LogP contribution in [0.3, 0.4) is 0 Å². The lowest BCUT2D eigenvalue weighted by Crippen LogP contribution is -2.58. The van der Waals surface area contributed by atoms with E-state index < -0.39 is 11.5 Å². The fourth-order valence-electron chi connectivity index (χ4n) is 3.01. The van der Waals surface area contributed by atoms with Gasteiger partial charge in [-0.15, -0.1) is 0 Å². The van der Waals surface area contributed by atoms with Crippen molar-refractivity contribution in [3.8, 4) is 0 Å². The minimum atomic E-state index is -0.829. The van der Waals surface area contributed by atoms with Crippen LogP contribution in [-0.2, 0) is 9.59 Å². The Balaban J connectivity index is 2.03. The molecule has 0 aromatic heterocycles. The second-order valence-corrected chi connectivity index (χ2v) is 5.72. The van der Waals surface area contributed by atoms with Gasteiger partial charge in [-0.2, -0.15) is 0 Å². The fourth-order valence-corrected chi connectivity index (χ4v) is 3.01. The Morgan fingerprint density at radius 1 is 1.33 bits per heavy atom. The van der Waals surface area contributed by atoms with Gasteiger partial charge in [0.05, 0.1) is 17.4 Å². The smallest absolute Gasteiger partial charge is 0.305 e.